The van der Waals surface area contributed by atoms with E-state index < -0.39 is 5.60 Å². The van der Waals surface area contributed by atoms with Crippen molar-refractivity contribution in [3.8, 4) is 0 Å². The number of aliphatic hydroxyl groups is 1. The van der Waals surface area contributed by atoms with Gasteiger partial charge in [-0.3, -0.25) is 0 Å². The van der Waals surface area contributed by atoms with E-state index in [4.69, 9.17) is 0 Å². The predicted octanol–water partition coefficient (Wildman–Crippen LogP) is 3.59. The summed E-state index contributed by atoms with van der Waals surface area (Å²) in [6, 6.07) is 9.93. The molecule has 1 saturated carbocycles. The second-order valence-corrected chi connectivity index (χ2v) is 6.26. The summed E-state index contributed by atoms with van der Waals surface area (Å²) in [6.45, 7) is 0. The second-order valence-electron chi connectivity index (χ2n) is 4.10. The largest absolute Gasteiger partial charge is 0.384 e. The average Bonchev–Trinajstić information content (AvgIpc) is 2.27. The van der Waals surface area contributed by atoms with Gasteiger partial charge in [0.1, 0.15) is 5.60 Å². The fourth-order valence-corrected chi connectivity index (χ4v) is 3.70. The Balaban J connectivity index is 2.32. The van der Waals surface area contributed by atoms with Gasteiger partial charge in [0.2, 0.25) is 0 Å². The highest BCUT2D eigenvalue weighted by Gasteiger charge is 2.43. The van der Waals surface area contributed by atoms with Gasteiger partial charge in [-0.05, 0) is 24.8 Å². The van der Waals surface area contributed by atoms with Crippen LogP contribution in [0.1, 0.15) is 24.8 Å². The van der Waals surface area contributed by atoms with Crippen LogP contribution in [0.3, 0.4) is 0 Å². The predicted molar refractivity (Wildman–Crippen MR) is 69.6 cm³/mol. The summed E-state index contributed by atoms with van der Waals surface area (Å²) in [5.41, 5.74) is 0.282. The molecule has 1 aromatic rings. The molecule has 1 fully saturated rings. The summed E-state index contributed by atoms with van der Waals surface area (Å²) in [4.78, 5) is 0.428. The Morgan fingerprint density at radius 3 is 2.53 bits per heavy atom. The zero-order chi connectivity index (χ0) is 10.9. The van der Waals surface area contributed by atoms with Gasteiger partial charge in [0.25, 0.3) is 0 Å². The molecular weight excluding hydrogens is 320 g/mol. The lowest BCUT2D eigenvalue weighted by atomic mass is 9.79. The van der Waals surface area contributed by atoms with Crippen LogP contribution in [-0.4, -0.2) is 14.8 Å². The highest BCUT2D eigenvalue weighted by atomic mass is 79.9. The van der Waals surface area contributed by atoms with Crippen LogP contribution in [0.2, 0.25) is 0 Å². The first-order valence-corrected chi connectivity index (χ1v) is 7.04. The highest BCUT2D eigenvalue weighted by Crippen LogP contribution is 2.43. The minimum Gasteiger partial charge on any atom is -0.384 e. The van der Waals surface area contributed by atoms with Gasteiger partial charge in [-0.25, -0.2) is 0 Å². The zero-order valence-electron chi connectivity index (χ0n) is 8.37. The van der Waals surface area contributed by atoms with E-state index in [1.54, 1.807) is 0 Å². The number of alkyl halides is 2. The zero-order valence-corrected chi connectivity index (χ0v) is 11.5. The summed E-state index contributed by atoms with van der Waals surface area (Å²) in [5.74, 6) is 0. The lowest BCUT2D eigenvalue weighted by Crippen LogP contribution is -2.44. The molecule has 0 aromatic heterocycles. The molecule has 0 aliphatic heterocycles. The lowest BCUT2D eigenvalue weighted by Gasteiger charge is -2.40. The maximum Gasteiger partial charge on any atom is 0.103 e. The van der Waals surface area contributed by atoms with E-state index in [1.807, 2.05) is 30.3 Å². The molecule has 3 heteroatoms. The maximum atomic E-state index is 10.7. The summed E-state index contributed by atoms with van der Waals surface area (Å²) in [6.07, 6.45) is 3.00. The molecule has 3 atom stereocenters. The monoisotopic (exact) mass is 332 g/mol. The Bertz CT molecular complexity index is 328. The Morgan fingerprint density at radius 2 is 1.87 bits per heavy atom. The van der Waals surface area contributed by atoms with Crippen molar-refractivity contribution in [1.82, 2.24) is 0 Å². The Kier molecular flexibility index (Phi) is 3.53. The van der Waals surface area contributed by atoms with Crippen molar-refractivity contribution in [1.29, 1.82) is 0 Å². The van der Waals surface area contributed by atoms with Crippen LogP contribution >= 0.6 is 31.9 Å². The first-order chi connectivity index (χ1) is 7.14. The number of halogens is 2. The van der Waals surface area contributed by atoms with E-state index >= 15 is 0 Å². The molecule has 82 valence electrons. The summed E-state index contributed by atoms with van der Waals surface area (Å²) in [7, 11) is 0. The molecular formula is C12H14Br2O. The van der Waals surface area contributed by atoms with Crippen LogP contribution in [-0.2, 0) is 5.60 Å². The van der Waals surface area contributed by atoms with Gasteiger partial charge in [0.05, 0.1) is 4.83 Å². The molecule has 1 aliphatic rings. The van der Waals surface area contributed by atoms with Crippen LogP contribution in [0, 0.1) is 0 Å². The van der Waals surface area contributed by atoms with E-state index in [0.717, 1.165) is 24.8 Å². The van der Waals surface area contributed by atoms with Gasteiger partial charge in [0, 0.05) is 4.83 Å². The third kappa shape index (κ3) is 2.15. The second kappa shape index (κ2) is 4.56. The molecule has 0 amide bonds. The number of hydrogen-bond acceptors (Lipinski definition) is 1. The van der Waals surface area contributed by atoms with Crippen LogP contribution in [0.15, 0.2) is 30.3 Å². The van der Waals surface area contributed by atoms with Crippen molar-refractivity contribution in [2.75, 3.05) is 0 Å². The van der Waals surface area contributed by atoms with Crippen LogP contribution < -0.4 is 0 Å². The van der Waals surface area contributed by atoms with Crippen molar-refractivity contribution in [3.63, 3.8) is 0 Å². The smallest absolute Gasteiger partial charge is 0.103 e. The van der Waals surface area contributed by atoms with Crippen molar-refractivity contribution in [3.05, 3.63) is 35.9 Å². The van der Waals surface area contributed by atoms with E-state index in [1.165, 1.54) is 0 Å². The average molecular weight is 334 g/mol. The normalized spacial score (nSPS) is 36.5. The Morgan fingerprint density at radius 1 is 1.20 bits per heavy atom. The van der Waals surface area contributed by atoms with Gasteiger partial charge in [-0.2, -0.15) is 0 Å². The SMILES string of the molecule is OC1(c2ccccc2)CCCC(Br)C1Br. The molecule has 0 heterocycles. The van der Waals surface area contributed by atoms with E-state index in [-0.39, 0.29) is 4.83 Å². The summed E-state index contributed by atoms with van der Waals surface area (Å²) >= 11 is 7.24. The third-order valence-electron chi connectivity index (χ3n) is 3.09. The molecule has 1 aromatic carbocycles. The van der Waals surface area contributed by atoms with Gasteiger partial charge < -0.3 is 5.11 Å². The topological polar surface area (TPSA) is 20.2 Å². The Hall–Kier alpha value is 0.140. The molecule has 0 saturated heterocycles. The molecule has 0 bridgehead atoms. The Labute approximate surface area is 107 Å². The molecule has 1 aliphatic carbocycles. The molecule has 1 N–H and O–H groups in total. The van der Waals surface area contributed by atoms with Crippen molar-refractivity contribution in [2.45, 2.75) is 34.5 Å². The van der Waals surface area contributed by atoms with E-state index in [9.17, 15) is 5.11 Å². The van der Waals surface area contributed by atoms with Crippen molar-refractivity contribution in [2.24, 2.45) is 0 Å². The van der Waals surface area contributed by atoms with Crippen molar-refractivity contribution >= 4 is 31.9 Å². The van der Waals surface area contributed by atoms with Crippen molar-refractivity contribution < 1.29 is 5.11 Å². The van der Waals surface area contributed by atoms with E-state index in [2.05, 4.69) is 31.9 Å². The van der Waals surface area contributed by atoms with Gasteiger partial charge in [-0.1, -0.05) is 62.2 Å². The summed E-state index contributed by atoms with van der Waals surface area (Å²) in [5, 5.41) is 10.7. The third-order valence-corrected chi connectivity index (χ3v) is 6.18. The highest BCUT2D eigenvalue weighted by molar-refractivity contribution is 9.12. The first kappa shape index (κ1) is 11.6. The van der Waals surface area contributed by atoms with Crippen LogP contribution in [0.4, 0.5) is 0 Å². The fourth-order valence-electron chi connectivity index (χ4n) is 2.18. The van der Waals surface area contributed by atoms with E-state index in [0.29, 0.717) is 4.83 Å². The molecule has 15 heavy (non-hydrogen) atoms. The first-order valence-electron chi connectivity index (χ1n) is 5.20. The molecule has 2 rings (SSSR count). The van der Waals surface area contributed by atoms with Gasteiger partial charge >= 0.3 is 0 Å². The lowest BCUT2D eigenvalue weighted by molar-refractivity contribution is 0.0110. The standard InChI is InChI=1S/C12H14Br2O/c13-10-7-4-8-12(15,11(10)14)9-5-2-1-3-6-9/h1-3,5-6,10-11,15H,4,7-8H2. The van der Waals surface area contributed by atoms with Gasteiger partial charge in [0.15, 0.2) is 0 Å². The fraction of sp³-hybridized carbons (Fsp3) is 0.500. The molecule has 3 unspecified atom stereocenters. The molecule has 1 nitrogen and oxygen atoms in total. The quantitative estimate of drug-likeness (QED) is 0.779. The number of hydrogen-bond donors (Lipinski definition) is 1. The number of rotatable bonds is 1. The molecule has 0 radical (unpaired) electrons. The summed E-state index contributed by atoms with van der Waals surface area (Å²) < 4.78 is 0. The van der Waals surface area contributed by atoms with Gasteiger partial charge in [-0.15, -0.1) is 0 Å². The van der Waals surface area contributed by atoms with Crippen LogP contribution in [0.25, 0.3) is 0 Å². The molecule has 0 spiro atoms. The van der Waals surface area contributed by atoms with Crippen LogP contribution in [0.5, 0.6) is 0 Å². The number of benzene rings is 1. The minimum absolute atomic E-state index is 0.0844. The minimum atomic E-state index is -0.728. The maximum absolute atomic E-state index is 10.7.